The number of epoxide rings is 1. The molecule has 3 aromatic rings. The van der Waals surface area contributed by atoms with Gasteiger partial charge in [0.25, 0.3) is 5.56 Å². The summed E-state index contributed by atoms with van der Waals surface area (Å²) in [5.74, 6) is 0.00278. The van der Waals surface area contributed by atoms with Crippen molar-refractivity contribution in [1.29, 1.82) is 0 Å². The Morgan fingerprint density at radius 2 is 1.85 bits per heavy atom. The Labute approximate surface area is 150 Å². The van der Waals surface area contributed by atoms with E-state index in [9.17, 15) is 9.59 Å². The summed E-state index contributed by atoms with van der Waals surface area (Å²) >= 11 is 0. The molecule has 0 aliphatic carbocycles. The molecule has 1 atom stereocenters. The summed E-state index contributed by atoms with van der Waals surface area (Å²) in [6.45, 7) is 1.06. The van der Waals surface area contributed by atoms with Crippen LogP contribution in [0.3, 0.4) is 0 Å². The van der Waals surface area contributed by atoms with Crippen molar-refractivity contribution < 1.29 is 9.53 Å². The summed E-state index contributed by atoms with van der Waals surface area (Å²) in [6, 6.07) is 15.2. The second kappa shape index (κ2) is 7.06. The third kappa shape index (κ3) is 3.78. The van der Waals surface area contributed by atoms with Crippen LogP contribution in [-0.2, 0) is 17.7 Å². The first-order valence-electron chi connectivity index (χ1n) is 8.52. The smallest absolute Gasteiger partial charge is 0.250 e. The van der Waals surface area contributed by atoms with E-state index >= 15 is 0 Å². The second-order valence-corrected chi connectivity index (χ2v) is 6.43. The van der Waals surface area contributed by atoms with E-state index in [1.54, 1.807) is 35.3 Å². The van der Waals surface area contributed by atoms with E-state index in [0.29, 0.717) is 25.1 Å². The Morgan fingerprint density at radius 3 is 2.58 bits per heavy atom. The van der Waals surface area contributed by atoms with Crippen LogP contribution >= 0.6 is 0 Å². The molecule has 4 rings (SSSR count). The first-order chi connectivity index (χ1) is 12.7. The molecule has 5 nitrogen and oxygen atoms in total. The molecule has 0 spiro atoms. The standard InChI is InChI=1S/C21H18N2O3/c24-20-3-1-2-8-23(20)13-16-6-4-15(5-7-16)9-17-10-18(12-22-11-17)21(25)19-14-26-19/h1-8,10-12,19H,9,13-14H2. The minimum Gasteiger partial charge on any atom is -0.364 e. The number of aromatic nitrogens is 2. The van der Waals surface area contributed by atoms with Crippen LogP contribution in [0.2, 0.25) is 0 Å². The predicted molar refractivity (Wildman–Crippen MR) is 97.4 cm³/mol. The molecular weight excluding hydrogens is 328 g/mol. The monoisotopic (exact) mass is 346 g/mol. The molecule has 26 heavy (non-hydrogen) atoms. The molecule has 0 saturated carbocycles. The molecule has 2 aromatic heterocycles. The number of carbonyl (C=O) groups excluding carboxylic acids is 1. The van der Waals surface area contributed by atoms with E-state index in [1.807, 2.05) is 36.4 Å². The highest BCUT2D eigenvalue weighted by atomic mass is 16.6. The van der Waals surface area contributed by atoms with Gasteiger partial charge >= 0.3 is 0 Å². The van der Waals surface area contributed by atoms with Crippen LogP contribution in [0.4, 0.5) is 0 Å². The number of hydrogen-bond acceptors (Lipinski definition) is 4. The topological polar surface area (TPSA) is 64.5 Å². The minimum atomic E-state index is -0.285. The molecule has 0 N–H and O–H groups in total. The zero-order valence-corrected chi connectivity index (χ0v) is 14.2. The fourth-order valence-corrected chi connectivity index (χ4v) is 2.89. The Bertz CT molecular complexity index is 988. The van der Waals surface area contributed by atoms with Crippen LogP contribution in [0.1, 0.15) is 27.0 Å². The number of ketones is 1. The third-order valence-corrected chi connectivity index (χ3v) is 4.39. The molecule has 130 valence electrons. The summed E-state index contributed by atoms with van der Waals surface area (Å²) in [5.41, 5.74) is 3.77. The molecule has 5 heteroatoms. The van der Waals surface area contributed by atoms with Crippen LogP contribution in [0, 0.1) is 0 Å². The van der Waals surface area contributed by atoms with Crippen molar-refractivity contribution in [3.8, 4) is 0 Å². The molecule has 1 unspecified atom stereocenters. The lowest BCUT2D eigenvalue weighted by atomic mass is 10.0. The number of ether oxygens (including phenoxy) is 1. The second-order valence-electron chi connectivity index (χ2n) is 6.43. The first kappa shape index (κ1) is 16.4. The highest BCUT2D eigenvalue weighted by Crippen LogP contribution is 2.18. The van der Waals surface area contributed by atoms with E-state index in [2.05, 4.69) is 4.98 Å². The van der Waals surface area contributed by atoms with Crippen LogP contribution < -0.4 is 5.56 Å². The van der Waals surface area contributed by atoms with E-state index < -0.39 is 0 Å². The molecule has 3 heterocycles. The molecule has 1 saturated heterocycles. The van der Waals surface area contributed by atoms with Crippen molar-refractivity contribution in [3.63, 3.8) is 0 Å². The first-order valence-corrected chi connectivity index (χ1v) is 8.52. The van der Waals surface area contributed by atoms with E-state index in [-0.39, 0.29) is 17.4 Å². The number of pyridine rings is 2. The minimum absolute atomic E-state index is 0.00278. The number of benzene rings is 1. The number of nitrogens with zero attached hydrogens (tertiary/aromatic N) is 2. The molecule has 1 aliphatic heterocycles. The van der Waals surface area contributed by atoms with E-state index in [4.69, 9.17) is 4.74 Å². The van der Waals surface area contributed by atoms with Gasteiger partial charge in [0.05, 0.1) is 13.2 Å². The largest absolute Gasteiger partial charge is 0.364 e. The number of rotatable bonds is 6. The number of carbonyl (C=O) groups is 1. The van der Waals surface area contributed by atoms with Crippen LogP contribution in [0.5, 0.6) is 0 Å². The summed E-state index contributed by atoms with van der Waals surface area (Å²) in [6.07, 6.45) is 5.57. The van der Waals surface area contributed by atoms with Crippen molar-refractivity contribution in [1.82, 2.24) is 9.55 Å². The fourth-order valence-electron chi connectivity index (χ4n) is 2.89. The average Bonchev–Trinajstić information content (AvgIpc) is 3.50. The van der Waals surface area contributed by atoms with Crippen molar-refractivity contribution in [2.75, 3.05) is 6.61 Å². The number of Topliss-reactive ketones (excluding diaryl/α,β-unsaturated/α-hetero) is 1. The molecule has 0 bridgehead atoms. The van der Waals surface area contributed by atoms with Crippen LogP contribution in [0.15, 0.2) is 71.9 Å². The SMILES string of the molecule is O=C(c1cncc(Cc2ccc(Cn3ccccc3=O)cc2)c1)C1CO1. The molecular formula is C21H18N2O3. The molecule has 1 fully saturated rings. The Hall–Kier alpha value is -3.05. The zero-order chi connectivity index (χ0) is 17.9. The van der Waals surface area contributed by atoms with Crippen LogP contribution in [0.25, 0.3) is 0 Å². The predicted octanol–water partition coefficient (Wildman–Crippen LogP) is 2.46. The van der Waals surface area contributed by atoms with Gasteiger partial charge in [0.15, 0.2) is 5.78 Å². The maximum atomic E-state index is 12.1. The maximum Gasteiger partial charge on any atom is 0.250 e. The summed E-state index contributed by atoms with van der Waals surface area (Å²) in [5, 5.41) is 0. The van der Waals surface area contributed by atoms with E-state index in [1.165, 1.54) is 0 Å². The van der Waals surface area contributed by atoms with Gasteiger partial charge in [-0.1, -0.05) is 30.3 Å². The average molecular weight is 346 g/mol. The highest BCUT2D eigenvalue weighted by Gasteiger charge is 2.32. The van der Waals surface area contributed by atoms with E-state index in [0.717, 1.165) is 16.7 Å². The Kier molecular flexibility index (Phi) is 4.46. The van der Waals surface area contributed by atoms with Crippen molar-refractivity contribution in [2.45, 2.75) is 19.1 Å². The number of hydrogen-bond donors (Lipinski definition) is 0. The molecule has 0 amide bonds. The summed E-state index contributed by atoms with van der Waals surface area (Å²) in [7, 11) is 0. The fraction of sp³-hybridized carbons (Fsp3) is 0.190. The lowest BCUT2D eigenvalue weighted by Crippen LogP contribution is -2.18. The lowest BCUT2D eigenvalue weighted by molar-refractivity contribution is 0.0953. The van der Waals surface area contributed by atoms with Gasteiger partial charge in [-0.25, -0.2) is 0 Å². The Balaban J connectivity index is 1.46. The molecule has 0 radical (unpaired) electrons. The van der Waals surface area contributed by atoms with Gasteiger partial charge in [-0.2, -0.15) is 0 Å². The van der Waals surface area contributed by atoms with Gasteiger partial charge in [0.1, 0.15) is 6.10 Å². The van der Waals surface area contributed by atoms with Gasteiger partial charge in [-0.05, 0) is 35.2 Å². The van der Waals surface area contributed by atoms with Gasteiger partial charge in [0.2, 0.25) is 0 Å². The van der Waals surface area contributed by atoms with Gasteiger partial charge < -0.3 is 9.30 Å². The summed E-state index contributed by atoms with van der Waals surface area (Å²) < 4.78 is 6.73. The lowest BCUT2D eigenvalue weighted by Gasteiger charge is -2.07. The van der Waals surface area contributed by atoms with Crippen molar-refractivity contribution in [2.24, 2.45) is 0 Å². The maximum absolute atomic E-state index is 12.1. The van der Waals surface area contributed by atoms with Gasteiger partial charge in [-0.3, -0.25) is 14.6 Å². The summed E-state index contributed by atoms with van der Waals surface area (Å²) in [4.78, 5) is 28.0. The van der Waals surface area contributed by atoms with Gasteiger partial charge in [0, 0.05) is 30.2 Å². The van der Waals surface area contributed by atoms with Crippen molar-refractivity contribution >= 4 is 5.78 Å². The van der Waals surface area contributed by atoms with Gasteiger partial charge in [-0.15, -0.1) is 0 Å². The molecule has 1 aliphatic rings. The highest BCUT2D eigenvalue weighted by molar-refractivity contribution is 6.00. The quantitative estimate of drug-likeness (QED) is 0.508. The third-order valence-electron chi connectivity index (χ3n) is 4.39. The Morgan fingerprint density at radius 1 is 1.08 bits per heavy atom. The van der Waals surface area contributed by atoms with Crippen molar-refractivity contribution in [3.05, 3.63) is 99.7 Å². The molecule has 1 aromatic carbocycles. The zero-order valence-electron chi connectivity index (χ0n) is 14.2. The normalized spacial score (nSPS) is 15.6. The van der Waals surface area contributed by atoms with Crippen LogP contribution in [-0.4, -0.2) is 28.0 Å².